The highest BCUT2D eigenvalue weighted by Crippen LogP contribution is 2.34. The highest BCUT2D eigenvalue weighted by molar-refractivity contribution is 7.55. The molecule has 3 heteroatoms. The van der Waals surface area contributed by atoms with Crippen molar-refractivity contribution < 1.29 is 9.13 Å². The Balaban J connectivity index is 2.54. The van der Waals surface area contributed by atoms with Gasteiger partial charge < -0.3 is 4.74 Å². The van der Waals surface area contributed by atoms with Crippen molar-refractivity contribution in [3.8, 4) is 5.75 Å². The van der Waals surface area contributed by atoms with Crippen molar-refractivity contribution in [3.05, 3.63) is 53.3 Å². The van der Waals surface area contributed by atoms with E-state index in [4.69, 9.17) is 4.74 Å². The van der Waals surface area contributed by atoms with E-state index in [1.54, 1.807) is 13.2 Å². The molecule has 0 amide bonds. The van der Waals surface area contributed by atoms with Crippen LogP contribution in [-0.4, -0.2) is 7.11 Å². The van der Waals surface area contributed by atoms with Crippen LogP contribution in [0.5, 0.6) is 5.75 Å². The molecule has 0 aromatic heterocycles. The SMILES string of the molecule is COc1c(Pc2ccccc2F)cc(C)cc1C(C)(C)C. The minimum Gasteiger partial charge on any atom is -0.496 e. The van der Waals surface area contributed by atoms with Crippen LogP contribution in [0.3, 0.4) is 0 Å². The maximum absolute atomic E-state index is 13.9. The Kier molecular flexibility index (Phi) is 4.68. The molecule has 0 radical (unpaired) electrons. The molecule has 0 aliphatic rings. The zero-order chi connectivity index (χ0) is 15.6. The van der Waals surface area contributed by atoms with E-state index in [0.29, 0.717) is 0 Å². The van der Waals surface area contributed by atoms with E-state index in [9.17, 15) is 4.39 Å². The lowest BCUT2D eigenvalue weighted by molar-refractivity contribution is 0.401. The van der Waals surface area contributed by atoms with Gasteiger partial charge in [0, 0.05) is 16.2 Å². The molecular weight excluding hydrogens is 282 g/mol. The van der Waals surface area contributed by atoms with E-state index in [-0.39, 0.29) is 19.8 Å². The second-order valence-electron chi connectivity index (χ2n) is 6.25. The lowest BCUT2D eigenvalue weighted by Gasteiger charge is -2.25. The van der Waals surface area contributed by atoms with Crippen LogP contribution < -0.4 is 15.3 Å². The minimum absolute atomic E-state index is 0.00811. The second kappa shape index (κ2) is 6.15. The third-order valence-corrected chi connectivity index (χ3v) is 4.70. The molecule has 0 heterocycles. The summed E-state index contributed by atoms with van der Waals surface area (Å²) in [5.41, 5.74) is 2.34. The summed E-state index contributed by atoms with van der Waals surface area (Å²) in [6.45, 7) is 8.57. The van der Waals surface area contributed by atoms with Gasteiger partial charge in [-0.15, -0.1) is 0 Å². The van der Waals surface area contributed by atoms with Gasteiger partial charge in [-0.2, -0.15) is 0 Å². The van der Waals surface area contributed by atoms with Gasteiger partial charge in [-0.05, 0) is 30.0 Å². The van der Waals surface area contributed by atoms with Gasteiger partial charge in [0.1, 0.15) is 11.6 Å². The highest BCUT2D eigenvalue weighted by atomic mass is 31.1. The smallest absolute Gasteiger partial charge is 0.130 e. The highest BCUT2D eigenvalue weighted by Gasteiger charge is 2.22. The Morgan fingerprint density at radius 1 is 1.05 bits per heavy atom. The standard InChI is InChI=1S/C18H22FOP/c1-12-10-13(18(2,3)4)17(20-5)16(11-12)21-15-9-7-6-8-14(15)19/h6-11,21H,1-5H3. The first kappa shape index (κ1) is 16.0. The number of benzene rings is 2. The van der Waals surface area contributed by atoms with Crippen molar-refractivity contribution in [2.75, 3.05) is 7.11 Å². The van der Waals surface area contributed by atoms with Gasteiger partial charge in [-0.3, -0.25) is 0 Å². The number of hydrogen-bond acceptors (Lipinski definition) is 1. The summed E-state index contributed by atoms with van der Waals surface area (Å²) in [6.07, 6.45) is 0. The summed E-state index contributed by atoms with van der Waals surface area (Å²) in [5.74, 6) is 0.728. The van der Waals surface area contributed by atoms with Gasteiger partial charge >= 0.3 is 0 Å². The Morgan fingerprint density at radius 2 is 1.71 bits per heavy atom. The predicted molar refractivity (Wildman–Crippen MR) is 90.4 cm³/mol. The molecule has 112 valence electrons. The summed E-state index contributed by atoms with van der Waals surface area (Å²) in [6, 6.07) is 11.2. The molecule has 0 fully saturated rings. The summed E-state index contributed by atoms with van der Waals surface area (Å²) in [4.78, 5) is 0. The van der Waals surface area contributed by atoms with Crippen LogP contribution in [0, 0.1) is 12.7 Å². The van der Waals surface area contributed by atoms with E-state index < -0.39 is 0 Å². The average molecular weight is 304 g/mol. The van der Waals surface area contributed by atoms with Crippen LogP contribution in [0.4, 0.5) is 4.39 Å². The first-order chi connectivity index (χ1) is 9.82. The molecule has 0 spiro atoms. The van der Waals surface area contributed by atoms with Crippen molar-refractivity contribution in [1.29, 1.82) is 0 Å². The van der Waals surface area contributed by atoms with Crippen molar-refractivity contribution >= 4 is 19.2 Å². The normalized spacial score (nSPS) is 12.1. The minimum atomic E-state index is -0.156. The molecule has 0 N–H and O–H groups in total. The van der Waals surface area contributed by atoms with Crippen LogP contribution in [0.15, 0.2) is 36.4 Å². The molecule has 2 rings (SSSR count). The van der Waals surface area contributed by atoms with Gasteiger partial charge in [-0.25, -0.2) is 4.39 Å². The number of aryl methyl sites for hydroxylation is 1. The quantitative estimate of drug-likeness (QED) is 0.777. The third kappa shape index (κ3) is 3.63. The van der Waals surface area contributed by atoms with Crippen LogP contribution in [0.2, 0.25) is 0 Å². The Bertz CT molecular complexity index is 644. The monoisotopic (exact) mass is 304 g/mol. The first-order valence-electron chi connectivity index (χ1n) is 7.03. The fourth-order valence-corrected chi connectivity index (χ4v) is 3.67. The third-order valence-electron chi connectivity index (χ3n) is 3.39. The molecule has 2 aromatic carbocycles. The molecule has 2 aromatic rings. The molecule has 0 aliphatic heterocycles. The maximum Gasteiger partial charge on any atom is 0.130 e. The number of methoxy groups -OCH3 is 1. The van der Waals surface area contributed by atoms with Gasteiger partial charge in [0.15, 0.2) is 0 Å². The Morgan fingerprint density at radius 3 is 2.29 bits per heavy atom. The predicted octanol–water partition coefficient (Wildman–Crippen LogP) is 4.07. The number of hydrogen-bond donors (Lipinski definition) is 0. The molecule has 0 saturated carbocycles. The van der Waals surface area contributed by atoms with E-state index in [0.717, 1.165) is 16.4 Å². The van der Waals surface area contributed by atoms with Crippen LogP contribution >= 0.6 is 8.58 Å². The average Bonchev–Trinajstić information content (AvgIpc) is 2.40. The zero-order valence-corrected chi connectivity index (χ0v) is 14.3. The van der Waals surface area contributed by atoms with E-state index >= 15 is 0 Å². The fraction of sp³-hybridized carbons (Fsp3) is 0.333. The molecule has 1 nitrogen and oxygen atoms in total. The summed E-state index contributed by atoms with van der Waals surface area (Å²) >= 11 is 0. The van der Waals surface area contributed by atoms with Crippen molar-refractivity contribution in [3.63, 3.8) is 0 Å². The number of rotatable bonds is 3. The van der Waals surface area contributed by atoms with E-state index in [1.807, 2.05) is 12.1 Å². The van der Waals surface area contributed by atoms with Crippen LogP contribution in [0.25, 0.3) is 0 Å². The molecule has 21 heavy (non-hydrogen) atoms. The van der Waals surface area contributed by atoms with Gasteiger partial charge in [0.25, 0.3) is 0 Å². The lowest BCUT2D eigenvalue weighted by Crippen LogP contribution is -2.19. The Labute approximate surface area is 128 Å². The van der Waals surface area contributed by atoms with Crippen molar-refractivity contribution in [1.82, 2.24) is 0 Å². The van der Waals surface area contributed by atoms with Gasteiger partial charge in [0.05, 0.1) is 7.11 Å². The Hall–Kier alpha value is -1.40. The first-order valence-corrected chi connectivity index (χ1v) is 8.03. The lowest BCUT2D eigenvalue weighted by atomic mass is 9.85. The molecule has 0 bridgehead atoms. The van der Waals surface area contributed by atoms with Gasteiger partial charge in [-0.1, -0.05) is 53.6 Å². The summed E-state index contributed by atoms with van der Waals surface area (Å²) in [5, 5.41) is 1.79. The summed E-state index contributed by atoms with van der Waals surface area (Å²) in [7, 11) is 1.94. The molecule has 1 unspecified atom stereocenters. The molecular formula is C18H22FOP. The zero-order valence-electron chi connectivity index (χ0n) is 13.3. The van der Waals surface area contributed by atoms with Crippen molar-refractivity contribution in [2.24, 2.45) is 0 Å². The number of ether oxygens (including phenoxy) is 1. The fourth-order valence-electron chi connectivity index (χ4n) is 2.35. The van der Waals surface area contributed by atoms with E-state index in [1.165, 1.54) is 17.2 Å². The summed E-state index contributed by atoms with van der Waals surface area (Å²) < 4.78 is 19.6. The number of halogens is 1. The molecule has 1 atom stereocenters. The maximum atomic E-state index is 13.9. The second-order valence-corrected chi connectivity index (χ2v) is 7.58. The topological polar surface area (TPSA) is 9.23 Å². The van der Waals surface area contributed by atoms with Crippen molar-refractivity contribution in [2.45, 2.75) is 33.1 Å². The largest absolute Gasteiger partial charge is 0.496 e. The van der Waals surface area contributed by atoms with Crippen LogP contribution in [0.1, 0.15) is 31.9 Å². The molecule has 0 saturated heterocycles. The molecule has 0 aliphatic carbocycles. The van der Waals surface area contributed by atoms with E-state index in [2.05, 4.69) is 39.8 Å². The van der Waals surface area contributed by atoms with Gasteiger partial charge in [0.2, 0.25) is 0 Å². The van der Waals surface area contributed by atoms with Crippen LogP contribution in [-0.2, 0) is 5.41 Å².